The molecule has 5 heteroatoms. The van der Waals surface area contributed by atoms with E-state index in [0.29, 0.717) is 5.56 Å². The molecule has 0 aliphatic carbocycles. The number of nitrogens with zero attached hydrogens (tertiary/aromatic N) is 1. The van der Waals surface area contributed by atoms with Crippen LogP contribution < -0.4 is 5.32 Å². The number of carbonyl (C=O) groups excluding carboxylic acids is 1. The van der Waals surface area contributed by atoms with Crippen molar-refractivity contribution < 1.29 is 15.0 Å². The molecule has 17 heavy (non-hydrogen) atoms. The maximum Gasteiger partial charge on any atom is 0.236 e. The van der Waals surface area contributed by atoms with Gasteiger partial charge in [-0.3, -0.25) is 4.79 Å². The minimum Gasteiger partial charge on any atom is -0.507 e. The SMILES string of the molecule is CC(NCC(=O)N(C)C)c1c(O)cccc1O. The van der Waals surface area contributed by atoms with Crippen LogP contribution in [0.3, 0.4) is 0 Å². The van der Waals surface area contributed by atoms with Crippen molar-refractivity contribution in [2.75, 3.05) is 20.6 Å². The van der Waals surface area contributed by atoms with Gasteiger partial charge in [-0.15, -0.1) is 0 Å². The largest absolute Gasteiger partial charge is 0.507 e. The summed E-state index contributed by atoms with van der Waals surface area (Å²) in [6, 6.07) is 4.26. The van der Waals surface area contributed by atoms with Gasteiger partial charge in [0.1, 0.15) is 11.5 Å². The highest BCUT2D eigenvalue weighted by Crippen LogP contribution is 2.31. The molecule has 0 aliphatic rings. The van der Waals surface area contributed by atoms with Crippen LogP contribution in [0.5, 0.6) is 11.5 Å². The lowest BCUT2D eigenvalue weighted by Gasteiger charge is -2.18. The normalized spacial score (nSPS) is 12.2. The van der Waals surface area contributed by atoms with Crippen LogP contribution in [0.2, 0.25) is 0 Å². The number of hydrogen-bond donors (Lipinski definition) is 3. The lowest BCUT2D eigenvalue weighted by atomic mass is 10.1. The molecule has 1 amide bonds. The van der Waals surface area contributed by atoms with E-state index >= 15 is 0 Å². The van der Waals surface area contributed by atoms with Crippen LogP contribution in [0, 0.1) is 0 Å². The number of aromatic hydroxyl groups is 2. The molecule has 0 saturated heterocycles. The molecule has 0 aromatic heterocycles. The number of hydrogen-bond acceptors (Lipinski definition) is 4. The zero-order valence-electron chi connectivity index (χ0n) is 10.3. The van der Waals surface area contributed by atoms with Gasteiger partial charge in [-0.25, -0.2) is 0 Å². The first-order chi connectivity index (χ1) is 7.93. The van der Waals surface area contributed by atoms with Crippen molar-refractivity contribution in [3.05, 3.63) is 23.8 Å². The van der Waals surface area contributed by atoms with Gasteiger partial charge in [0.05, 0.1) is 12.1 Å². The van der Waals surface area contributed by atoms with Crippen molar-refractivity contribution in [3.63, 3.8) is 0 Å². The quantitative estimate of drug-likeness (QED) is 0.726. The van der Waals surface area contributed by atoms with E-state index in [0.717, 1.165) is 0 Å². The minimum atomic E-state index is -0.305. The third-order valence-corrected chi connectivity index (χ3v) is 2.55. The smallest absolute Gasteiger partial charge is 0.236 e. The van der Waals surface area contributed by atoms with Gasteiger partial charge in [0.25, 0.3) is 0 Å². The molecule has 1 aromatic rings. The van der Waals surface area contributed by atoms with Crippen LogP contribution in [0.1, 0.15) is 18.5 Å². The van der Waals surface area contributed by atoms with Crippen molar-refractivity contribution in [2.45, 2.75) is 13.0 Å². The number of benzene rings is 1. The first-order valence-electron chi connectivity index (χ1n) is 5.38. The number of likely N-dealkylation sites (N-methyl/N-ethyl adjacent to an activating group) is 1. The Bertz CT molecular complexity index is 384. The molecule has 0 saturated carbocycles. The fourth-order valence-corrected chi connectivity index (χ4v) is 1.49. The molecule has 0 spiro atoms. The fourth-order valence-electron chi connectivity index (χ4n) is 1.49. The summed E-state index contributed by atoms with van der Waals surface area (Å²) in [5, 5.41) is 22.2. The average molecular weight is 238 g/mol. The van der Waals surface area contributed by atoms with E-state index in [1.807, 2.05) is 0 Å². The maximum absolute atomic E-state index is 11.4. The molecule has 0 fully saturated rings. The van der Waals surface area contributed by atoms with Gasteiger partial charge in [0.15, 0.2) is 0 Å². The standard InChI is InChI=1S/C12H18N2O3/c1-8(13-7-11(17)14(2)3)12-9(15)5-4-6-10(12)16/h4-6,8,13,15-16H,7H2,1-3H3. The van der Waals surface area contributed by atoms with Crippen molar-refractivity contribution in [3.8, 4) is 11.5 Å². The van der Waals surface area contributed by atoms with Gasteiger partial charge in [0, 0.05) is 20.1 Å². The molecule has 3 N–H and O–H groups in total. The zero-order chi connectivity index (χ0) is 13.0. The fraction of sp³-hybridized carbons (Fsp3) is 0.417. The summed E-state index contributed by atoms with van der Waals surface area (Å²) in [7, 11) is 3.35. The van der Waals surface area contributed by atoms with E-state index < -0.39 is 0 Å². The second-order valence-electron chi connectivity index (χ2n) is 4.10. The monoisotopic (exact) mass is 238 g/mol. The second-order valence-corrected chi connectivity index (χ2v) is 4.10. The summed E-state index contributed by atoms with van der Waals surface area (Å²) in [5.74, 6) is -0.0311. The highest BCUT2D eigenvalue weighted by atomic mass is 16.3. The Labute approximate surface area is 101 Å². The molecule has 1 atom stereocenters. The van der Waals surface area contributed by atoms with Gasteiger partial charge < -0.3 is 20.4 Å². The average Bonchev–Trinajstić information content (AvgIpc) is 2.25. The van der Waals surface area contributed by atoms with Gasteiger partial charge in [-0.1, -0.05) is 6.07 Å². The molecular weight excluding hydrogens is 220 g/mol. The van der Waals surface area contributed by atoms with Crippen LogP contribution in [0.4, 0.5) is 0 Å². The van der Waals surface area contributed by atoms with Crippen LogP contribution >= 0.6 is 0 Å². The lowest BCUT2D eigenvalue weighted by Crippen LogP contribution is -2.34. The van der Waals surface area contributed by atoms with Gasteiger partial charge in [-0.2, -0.15) is 0 Å². The summed E-state index contributed by atoms with van der Waals surface area (Å²) in [6.07, 6.45) is 0. The molecule has 0 aliphatic heterocycles. The number of nitrogens with one attached hydrogen (secondary N) is 1. The Kier molecular flexibility index (Phi) is 4.34. The van der Waals surface area contributed by atoms with Crippen molar-refractivity contribution in [1.82, 2.24) is 10.2 Å². The number of phenols is 2. The molecule has 0 bridgehead atoms. The van der Waals surface area contributed by atoms with Crippen molar-refractivity contribution >= 4 is 5.91 Å². The Hall–Kier alpha value is -1.75. The minimum absolute atomic E-state index is 0.0160. The third kappa shape index (κ3) is 3.35. The van der Waals surface area contributed by atoms with E-state index in [1.54, 1.807) is 27.1 Å². The van der Waals surface area contributed by atoms with Crippen LogP contribution in [0.15, 0.2) is 18.2 Å². The molecule has 5 nitrogen and oxygen atoms in total. The summed E-state index contributed by atoms with van der Waals surface area (Å²) in [4.78, 5) is 12.9. The van der Waals surface area contributed by atoms with Gasteiger partial charge in [-0.05, 0) is 19.1 Å². The molecule has 1 aromatic carbocycles. The lowest BCUT2D eigenvalue weighted by molar-refractivity contribution is -0.127. The Morgan fingerprint density at radius 3 is 2.35 bits per heavy atom. The van der Waals surface area contributed by atoms with E-state index in [1.165, 1.54) is 17.0 Å². The predicted octanol–water partition coefficient (Wildman–Crippen LogP) is 0.837. The highest BCUT2D eigenvalue weighted by molar-refractivity contribution is 5.77. The number of phenolic OH excluding ortho intramolecular Hbond substituents is 2. The summed E-state index contributed by atoms with van der Waals surface area (Å²) in [5.41, 5.74) is 0.402. The van der Waals surface area contributed by atoms with Crippen LogP contribution in [-0.2, 0) is 4.79 Å². The first kappa shape index (κ1) is 13.3. The van der Waals surface area contributed by atoms with E-state index in [2.05, 4.69) is 5.32 Å². The van der Waals surface area contributed by atoms with Gasteiger partial charge in [0.2, 0.25) is 5.91 Å². The predicted molar refractivity (Wildman–Crippen MR) is 64.9 cm³/mol. The number of rotatable bonds is 4. The molecule has 0 radical (unpaired) electrons. The Morgan fingerprint density at radius 1 is 1.35 bits per heavy atom. The molecule has 94 valence electrons. The number of amides is 1. The van der Waals surface area contributed by atoms with E-state index in [-0.39, 0.29) is 30.0 Å². The highest BCUT2D eigenvalue weighted by Gasteiger charge is 2.15. The molecule has 1 rings (SSSR count). The van der Waals surface area contributed by atoms with Crippen LogP contribution in [0.25, 0.3) is 0 Å². The summed E-state index contributed by atoms with van der Waals surface area (Å²) >= 11 is 0. The zero-order valence-corrected chi connectivity index (χ0v) is 10.3. The topological polar surface area (TPSA) is 72.8 Å². The third-order valence-electron chi connectivity index (χ3n) is 2.55. The molecular formula is C12H18N2O3. The summed E-state index contributed by atoms with van der Waals surface area (Å²) < 4.78 is 0. The van der Waals surface area contributed by atoms with Gasteiger partial charge >= 0.3 is 0 Å². The molecule has 0 heterocycles. The Morgan fingerprint density at radius 2 is 1.88 bits per heavy atom. The van der Waals surface area contributed by atoms with Crippen LogP contribution in [-0.4, -0.2) is 41.7 Å². The summed E-state index contributed by atoms with van der Waals surface area (Å²) in [6.45, 7) is 1.93. The second kappa shape index (κ2) is 5.54. The van der Waals surface area contributed by atoms with E-state index in [4.69, 9.17) is 0 Å². The maximum atomic E-state index is 11.4. The molecule has 1 unspecified atom stereocenters. The van der Waals surface area contributed by atoms with Crippen molar-refractivity contribution in [1.29, 1.82) is 0 Å². The first-order valence-corrected chi connectivity index (χ1v) is 5.38. The number of carbonyl (C=O) groups is 1. The van der Waals surface area contributed by atoms with Crippen molar-refractivity contribution in [2.24, 2.45) is 0 Å². The van der Waals surface area contributed by atoms with E-state index in [9.17, 15) is 15.0 Å². The Balaban J connectivity index is 2.70.